The molecule has 5 N–H and O–H groups in total. The van der Waals surface area contributed by atoms with Crippen molar-refractivity contribution in [3.05, 3.63) is 51.2 Å². The highest BCUT2D eigenvalue weighted by Crippen LogP contribution is 2.32. The third-order valence-corrected chi connectivity index (χ3v) is 5.01. The Morgan fingerprint density at radius 2 is 1.93 bits per heavy atom. The number of hydrogen-bond acceptors (Lipinski definition) is 7. The molecule has 0 bridgehead atoms. The van der Waals surface area contributed by atoms with Gasteiger partial charge in [0.05, 0.1) is 4.92 Å². The first-order chi connectivity index (χ1) is 13.3. The SMILES string of the molecule is Nc1nc(NCc2cccc(F)c2F)nc(CC2CCC(N)CC2)c1[N+](=O)[O-]. The van der Waals surface area contributed by atoms with E-state index in [-0.39, 0.29) is 47.2 Å². The van der Waals surface area contributed by atoms with Gasteiger partial charge in [-0.1, -0.05) is 12.1 Å². The van der Waals surface area contributed by atoms with Gasteiger partial charge in [-0.3, -0.25) is 10.1 Å². The minimum absolute atomic E-state index is 0.0364. The van der Waals surface area contributed by atoms with E-state index in [0.717, 1.165) is 31.7 Å². The summed E-state index contributed by atoms with van der Waals surface area (Å²) in [6, 6.07) is 4.00. The van der Waals surface area contributed by atoms with E-state index in [2.05, 4.69) is 15.3 Å². The average molecular weight is 392 g/mol. The largest absolute Gasteiger partial charge is 0.378 e. The lowest BCUT2D eigenvalue weighted by Gasteiger charge is -2.25. The second-order valence-electron chi connectivity index (χ2n) is 7.04. The van der Waals surface area contributed by atoms with Gasteiger partial charge in [-0.05, 0) is 44.1 Å². The van der Waals surface area contributed by atoms with Crippen LogP contribution in [0.1, 0.15) is 36.9 Å². The Labute approximate surface area is 160 Å². The number of halogens is 2. The molecule has 0 saturated heterocycles. The van der Waals surface area contributed by atoms with Crippen molar-refractivity contribution in [1.29, 1.82) is 0 Å². The highest BCUT2D eigenvalue weighted by Gasteiger charge is 2.27. The van der Waals surface area contributed by atoms with Crippen molar-refractivity contribution in [3.63, 3.8) is 0 Å². The number of benzene rings is 1. The van der Waals surface area contributed by atoms with E-state index in [1.165, 1.54) is 12.1 Å². The highest BCUT2D eigenvalue weighted by atomic mass is 19.2. The number of aromatic nitrogens is 2. The topological polar surface area (TPSA) is 133 Å². The molecule has 1 aromatic heterocycles. The molecule has 0 unspecified atom stereocenters. The van der Waals surface area contributed by atoms with Crippen LogP contribution in [0, 0.1) is 27.7 Å². The summed E-state index contributed by atoms with van der Waals surface area (Å²) >= 11 is 0. The first kappa shape index (κ1) is 19.9. The Kier molecular flexibility index (Phi) is 5.98. The molecule has 1 aromatic carbocycles. The summed E-state index contributed by atoms with van der Waals surface area (Å²) in [4.78, 5) is 19.0. The lowest BCUT2D eigenvalue weighted by molar-refractivity contribution is -0.385. The molecular weight excluding hydrogens is 370 g/mol. The number of hydrogen-bond donors (Lipinski definition) is 3. The first-order valence-electron chi connectivity index (χ1n) is 9.08. The molecule has 0 atom stereocenters. The normalized spacial score (nSPS) is 19.4. The Morgan fingerprint density at radius 1 is 1.21 bits per heavy atom. The van der Waals surface area contributed by atoms with Gasteiger partial charge in [0.15, 0.2) is 11.6 Å². The summed E-state index contributed by atoms with van der Waals surface area (Å²) in [6.45, 7) is -0.0848. The third-order valence-electron chi connectivity index (χ3n) is 5.01. The molecular formula is C18H22F2N6O2. The van der Waals surface area contributed by atoms with Crippen LogP contribution in [0.15, 0.2) is 18.2 Å². The third kappa shape index (κ3) is 4.50. The minimum Gasteiger partial charge on any atom is -0.378 e. The zero-order valence-corrected chi connectivity index (χ0v) is 15.2. The van der Waals surface area contributed by atoms with Crippen molar-refractivity contribution in [1.82, 2.24) is 9.97 Å². The van der Waals surface area contributed by atoms with Gasteiger partial charge in [0.25, 0.3) is 0 Å². The van der Waals surface area contributed by atoms with Crippen LogP contribution in [0.2, 0.25) is 0 Å². The zero-order chi connectivity index (χ0) is 20.3. The lowest BCUT2D eigenvalue weighted by atomic mass is 9.83. The van der Waals surface area contributed by atoms with Crippen LogP contribution in [0.4, 0.5) is 26.2 Å². The van der Waals surface area contributed by atoms with Crippen molar-refractivity contribution >= 4 is 17.5 Å². The molecule has 1 aliphatic rings. The van der Waals surface area contributed by atoms with Gasteiger partial charge in [-0.15, -0.1) is 0 Å². The van der Waals surface area contributed by atoms with Gasteiger partial charge in [-0.25, -0.2) is 13.8 Å². The van der Waals surface area contributed by atoms with Gasteiger partial charge in [0.2, 0.25) is 11.8 Å². The summed E-state index contributed by atoms with van der Waals surface area (Å²) < 4.78 is 27.1. The summed E-state index contributed by atoms with van der Waals surface area (Å²) in [6.07, 6.45) is 3.84. The second-order valence-corrected chi connectivity index (χ2v) is 7.04. The van der Waals surface area contributed by atoms with E-state index in [1.54, 1.807) is 0 Å². The fraction of sp³-hybridized carbons (Fsp3) is 0.444. The molecule has 8 nitrogen and oxygen atoms in total. The summed E-state index contributed by atoms with van der Waals surface area (Å²) in [7, 11) is 0. The fourth-order valence-electron chi connectivity index (χ4n) is 3.47. The van der Waals surface area contributed by atoms with Crippen molar-refractivity contribution in [2.24, 2.45) is 11.7 Å². The number of nitro groups is 1. The molecule has 1 heterocycles. The molecule has 1 fully saturated rings. The molecule has 1 aliphatic carbocycles. The number of rotatable bonds is 6. The molecule has 0 amide bonds. The summed E-state index contributed by atoms with van der Waals surface area (Å²) in [5.74, 6) is -1.93. The smallest absolute Gasteiger partial charge is 0.332 e. The van der Waals surface area contributed by atoms with Crippen LogP contribution in [0.5, 0.6) is 0 Å². The number of nitrogens with one attached hydrogen (secondary N) is 1. The lowest BCUT2D eigenvalue weighted by Crippen LogP contribution is -2.27. The molecule has 0 spiro atoms. The standard InChI is InChI=1S/C18H22F2N6O2/c19-13-3-1-2-11(15(13)20)9-23-18-24-14(16(26(27)28)17(22)25-18)8-10-4-6-12(21)7-5-10/h1-3,10,12H,4-9,21H2,(H3,22,23,24,25). The summed E-state index contributed by atoms with van der Waals surface area (Å²) in [5.41, 5.74) is 11.7. The molecule has 1 saturated carbocycles. The van der Waals surface area contributed by atoms with Gasteiger partial charge < -0.3 is 16.8 Å². The van der Waals surface area contributed by atoms with Crippen LogP contribution in [-0.4, -0.2) is 20.9 Å². The van der Waals surface area contributed by atoms with Gasteiger partial charge in [0, 0.05) is 18.2 Å². The van der Waals surface area contributed by atoms with Crippen molar-refractivity contribution < 1.29 is 13.7 Å². The maximum absolute atomic E-state index is 13.8. The van der Waals surface area contributed by atoms with Crippen LogP contribution in [-0.2, 0) is 13.0 Å². The van der Waals surface area contributed by atoms with Gasteiger partial charge in [-0.2, -0.15) is 4.98 Å². The molecule has 10 heteroatoms. The Balaban J connectivity index is 1.81. The van der Waals surface area contributed by atoms with E-state index in [1.807, 2.05) is 0 Å². The number of nitrogens with zero attached hydrogens (tertiary/aromatic N) is 3. The van der Waals surface area contributed by atoms with E-state index < -0.39 is 16.6 Å². The molecule has 2 aromatic rings. The molecule has 0 radical (unpaired) electrons. The molecule has 150 valence electrons. The Bertz CT molecular complexity index is 871. The van der Waals surface area contributed by atoms with Gasteiger partial charge >= 0.3 is 5.69 Å². The maximum atomic E-state index is 13.8. The van der Waals surface area contributed by atoms with Crippen molar-refractivity contribution in [3.8, 4) is 0 Å². The maximum Gasteiger partial charge on any atom is 0.332 e. The van der Waals surface area contributed by atoms with Crippen molar-refractivity contribution in [2.45, 2.75) is 44.7 Å². The van der Waals surface area contributed by atoms with E-state index >= 15 is 0 Å². The molecule has 0 aliphatic heterocycles. The number of anilines is 2. The van der Waals surface area contributed by atoms with Crippen LogP contribution in [0.25, 0.3) is 0 Å². The minimum atomic E-state index is -0.969. The second kappa shape index (κ2) is 8.42. The molecule has 28 heavy (non-hydrogen) atoms. The number of nitrogens with two attached hydrogens (primary N) is 2. The van der Waals surface area contributed by atoms with Crippen LogP contribution >= 0.6 is 0 Å². The average Bonchev–Trinajstić information content (AvgIpc) is 2.64. The summed E-state index contributed by atoms with van der Waals surface area (Å²) in [5, 5.41) is 14.2. The van der Waals surface area contributed by atoms with Crippen LogP contribution < -0.4 is 16.8 Å². The highest BCUT2D eigenvalue weighted by molar-refractivity contribution is 5.58. The van der Waals surface area contributed by atoms with E-state index in [0.29, 0.717) is 6.42 Å². The Morgan fingerprint density at radius 3 is 2.61 bits per heavy atom. The fourth-order valence-corrected chi connectivity index (χ4v) is 3.47. The quantitative estimate of drug-likeness (QED) is 0.508. The van der Waals surface area contributed by atoms with E-state index in [9.17, 15) is 18.9 Å². The van der Waals surface area contributed by atoms with Gasteiger partial charge in [0.1, 0.15) is 5.69 Å². The predicted molar refractivity (Wildman–Crippen MR) is 100 cm³/mol. The molecule has 3 rings (SSSR count). The van der Waals surface area contributed by atoms with Crippen LogP contribution in [0.3, 0.4) is 0 Å². The first-order valence-corrected chi connectivity index (χ1v) is 9.08. The van der Waals surface area contributed by atoms with E-state index in [4.69, 9.17) is 11.5 Å². The number of nitrogen functional groups attached to an aromatic ring is 1. The predicted octanol–water partition coefficient (Wildman–Crippen LogP) is 2.92. The van der Waals surface area contributed by atoms with Crippen molar-refractivity contribution in [2.75, 3.05) is 11.1 Å². The Hall–Kier alpha value is -2.88. The zero-order valence-electron chi connectivity index (χ0n) is 15.2. The monoisotopic (exact) mass is 392 g/mol.